The Labute approximate surface area is 140 Å². The minimum Gasteiger partial charge on any atom is -0.501 e. The van der Waals surface area contributed by atoms with Gasteiger partial charge in [-0.25, -0.2) is 0 Å². The van der Waals surface area contributed by atoms with Gasteiger partial charge in [0.1, 0.15) is 0 Å². The lowest BCUT2D eigenvalue weighted by molar-refractivity contribution is 0.250. The lowest BCUT2D eigenvalue weighted by atomic mass is 10.3. The molecule has 0 heterocycles. The molecule has 5 heteroatoms. The standard InChI is InChI=1S/C16H34OSi4/c1-16(2)9-11-17-10-8-12-18-14-21(6,7)15-19-13-20(3,4)5/h9,11H,1,8,10,12-15H2,2-7H3. The third-order valence-corrected chi connectivity index (χ3v) is 18.5. The van der Waals surface area contributed by atoms with Gasteiger partial charge in [-0.3, -0.25) is 0 Å². The molecule has 0 spiro atoms. The molecule has 0 bridgehead atoms. The normalized spacial score (nSPS) is 12.9. The molecule has 0 saturated carbocycles. The maximum atomic E-state index is 5.46. The van der Waals surface area contributed by atoms with Crippen molar-refractivity contribution >= 4 is 35.2 Å². The molecule has 0 aromatic rings. The van der Waals surface area contributed by atoms with Gasteiger partial charge in [0, 0.05) is 35.2 Å². The minimum absolute atomic E-state index is 0.814. The fourth-order valence-corrected chi connectivity index (χ4v) is 14.5. The van der Waals surface area contributed by atoms with Crippen molar-refractivity contribution in [2.45, 2.75) is 69.1 Å². The van der Waals surface area contributed by atoms with Crippen molar-refractivity contribution in [2.75, 3.05) is 6.61 Å². The highest BCUT2D eigenvalue weighted by Gasteiger charge is 2.22. The highest BCUT2D eigenvalue weighted by atomic mass is 28.4. The van der Waals surface area contributed by atoms with Crippen LogP contribution in [0.25, 0.3) is 0 Å². The molecule has 0 amide bonds. The van der Waals surface area contributed by atoms with Crippen molar-refractivity contribution in [1.82, 2.24) is 0 Å². The minimum atomic E-state index is -0.913. The maximum absolute atomic E-state index is 5.46. The molecule has 21 heavy (non-hydrogen) atoms. The average molecular weight is 355 g/mol. The van der Waals surface area contributed by atoms with Crippen LogP contribution in [0.5, 0.6) is 0 Å². The second-order valence-corrected chi connectivity index (χ2v) is 23.1. The summed E-state index contributed by atoms with van der Waals surface area (Å²) < 4.78 is 5.46. The number of allylic oxidation sites excluding steroid dienone is 2. The van der Waals surface area contributed by atoms with E-state index in [-0.39, 0.29) is 0 Å². The summed E-state index contributed by atoms with van der Waals surface area (Å²) in [6.07, 6.45) is 4.90. The molecule has 0 aliphatic rings. The van der Waals surface area contributed by atoms with E-state index in [1.54, 1.807) is 11.9 Å². The van der Waals surface area contributed by atoms with Gasteiger partial charge in [0.15, 0.2) is 0 Å². The Hall–Kier alpha value is 0.148. The van der Waals surface area contributed by atoms with E-state index in [1.807, 2.05) is 13.0 Å². The summed E-state index contributed by atoms with van der Waals surface area (Å²) in [6.45, 7) is 19.3. The van der Waals surface area contributed by atoms with Gasteiger partial charge in [-0.15, -0.1) is 0 Å². The highest BCUT2D eigenvalue weighted by molar-refractivity contribution is 6.92. The summed E-state index contributed by atoms with van der Waals surface area (Å²) in [6, 6.07) is 1.34. The zero-order valence-electron chi connectivity index (χ0n) is 15.0. The third-order valence-electron chi connectivity index (χ3n) is 2.93. The van der Waals surface area contributed by atoms with E-state index < -0.39 is 16.1 Å². The number of hydrogen-bond acceptors (Lipinski definition) is 1. The van der Waals surface area contributed by atoms with Crippen LogP contribution in [0.3, 0.4) is 0 Å². The maximum Gasteiger partial charge on any atom is 0.0870 e. The van der Waals surface area contributed by atoms with Crippen molar-refractivity contribution in [3.05, 3.63) is 24.5 Å². The van der Waals surface area contributed by atoms with Gasteiger partial charge in [0.2, 0.25) is 0 Å². The molecule has 0 aliphatic heterocycles. The molecule has 0 unspecified atom stereocenters. The molecule has 0 saturated heterocycles. The zero-order chi connectivity index (χ0) is 16.4. The Kier molecular flexibility index (Phi) is 10.9. The summed E-state index contributed by atoms with van der Waals surface area (Å²) in [5.74, 6) is 0. The first-order chi connectivity index (χ1) is 9.62. The largest absolute Gasteiger partial charge is 0.501 e. The predicted molar refractivity (Wildman–Crippen MR) is 106 cm³/mol. The smallest absolute Gasteiger partial charge is 0.0870 e. The summed E-state index contributed by atoms with van der Waals surface area (Å²) in [7, 11) is 0.648. The van der Waals surface area contributed by atoms with E-state index in [0.717, 1.165) is 21.7 Å². The van der Waals surface area contributed by atoms with Gasteiger partial charge >= 0.3 is 0 Å². The van der Waals surface area contributed by atoms with Gasteiger partial charge in [-0.2, -0.15) is 0 Å². The van der Waals surface area contributed by atoms with Gasteiger partial charge in [0.05, 0.1) is 12.9 Å². The van der Waals surface area contributed by atoms with E-state index in [9.17, 15) is 0 Å². The molecule has 0 rings (SSSR count). The average Bonchev–Trinajstić information content (AvgIpc) is 2.30. The molecule has 120 valence electrons. The summed E-state index contributed by atoms with van der Waals surface area (Å²) in [5, 5.41) is 0. The lowest BCUT2D eigenvalue weighted by Gasteiger charge is -2.23. The molecule has 1 nitrogen and oxygen atoms in total. The van der Waals surface area contributed by atoms with E-state index >= 15 is 0 Å². The van der Waals surface area contributed by atoms with Crippen LogP contribution in [0, 0.1) is 0 Å². The molecular formula is C16H34OSi4. The Bertz CT molecular complexity index is 319. The van der Waals surface area contributed by atoms with Crippen LogP contribution in [-0.4, -0.2) is 41.8 Å². The van der Waals surface area contributed by atoms with Crippen LogP contribution in [0.1, 0.15) is 13.3 Å². The van der Waals surface area contributed by atoms with Gasteiger partial charge in [-0.05, 0) is 19.4 Å². The van der Waals surface area contributed by atoms with Crippen LogP contribution < -0.4 is 0 Å². The molecule has 0 aromatic carbocycles. The lowest BCUT2D eigenvalue weighted by Crippen LogP contribution is -2.32. The first-order valence-corrected chi connectivity index (χ1v) is 17.9. The van der Waals surface area contributed by atoms with Crippen LogP contribution in [0.4, 0.5) is 0 Å². The molecule has 0 atom stereocenters. The summed E-state index contributed by atoms with van der Waals surface area (Å²) in [4.78, 5) is 0. The van der Waals surface area contributed by atoms with E-state index in [0.29, 0.717) is 0 Å². The van der Waals surface area contributed by atoms with Crippen molar-refractivity contribution in [2.24, 2.45) is 0 Å². The fourth-order valence-electron chi connectivity index (χ4n) is 1.78. The number of rotatable bonds is 12. The Morgan fingerprint density at radius 3 is 2.24 bits per heavy atom. The van der Waals surface area contributed by atoms with Gasteiger partial charge in [-0.1, -0.05) is 67.9 Å². The van der Waals surface area contributed by atoms with Crippen molar-refractivity contribution in [3.8, 4) is 0 Å². The number of ether oxygens (including phenoxy) is 1. The Morgan fingerprint density at radius 1 is 1.05 bits per heavy atom. The second-order valence-electron chi connectivity index (χ2n) is 7.88. The molecule has 0 N–H and O–H groups in total. The van der Waals surface area contributed by atoms with Crippen molar-refractivity contribution in [3.63, 3.8) is 0 Å². The zero-order valence-corrected chi connectivity index (χ0v) is 19.0. The van der Waals surface area contributed by atoms with Crippen LogP contribution in [0.2, 0.25) is 55.8 Å². The monoisotopic (exact) mass is 354 g/mol. The number of hydrogen-bond donors (Lipinski definition) is 0. The Balaban J connectivity index is 3.59. The SMILES string of the molecule is C=C(C)C=COCCC[Si]C[Si](C)(C)C[Si]C[Si](C)(C)C. The van der Waals surface area contributed by atoms with Crippen molar-refractivity contribution < 1.29 is 4.74 Å². The molecule has 4 radical (unpaired) electrons. The van der Waals surface area contributed by atoms with Crippen molar-refractivity contribution in [1.29, 1.82) is 0 Å². The summed E-state index contributed by atoms with van der Waals surface area (Å²) >= 11 is 0. The van der Waals surface area contributed by atoms with Crippen LogP contribution >= 0.6 is 0 Å². The van der Waals surface area contributed by atoms with E-state index in [1.165, 1.54) is 33.3 Å². The van der Waals surface area contributed by atoms with E-state index in [4.69, 9.17) is 4.74 Å². The highest BCUT2D eigenvalue weighted by Crippen LogP contribution is 2.17. The molecular weight excluding hydrogens is 321 g/mol. The molecule has 0 fully saturated rings. The molecule has 0 aromatic heterocycles. The topological polar surface area (TPSA) is 9.23 Å². The third kappa shape index (κ3) is 16.3. The van der Waals surface area contributed by atoms with Crippen LogP contribution in [0.15, 0.2) is 24.5 Å². The quantitative estimate of drug-likeness (QED) is 0.202. The Morgan fingerprint density at radius 2 is 1.67 bits per heavy atom. The summed E-state index contributed by atoms with van der Waals surface area (Å²) in [5.41, 5.74) is 5.66. The van der Waals surface area contributed by atoms with E-state index in [2.05, 4.69) is 39.3 Å². The first kappa shape index (κ1) is 21.1. The van der Waals surface area contributed by atoms with Gasteiger partial charge in [0.25, 0.3) is 0 Å². The molecule has 0 aliphatic carbocycles. The van der Waals surface area contributed by atoms with Gasteiger partial charge < -0.3 is 4.74 Å². The first-order valence-electron chi connectivity index (χ1n) is 7.97. The fraction of sp³-hybridized carbons (Fsp3) is 0.750. The predicted octanol–water partition coefficient (Wildman–Crippen LogP) is 5.23. The second kappa shape index (κ2) is 10.8. The van der Waals surface area contributed by atoms with Crippen LogP contribution in [-0.2, 0) is 4.74 Å².